The Labute approximate surface area is 178 Å². The van der Waals surface area contributed by atoms with E-state index < -0.39 is 0 Å². The second-order valence-corrected chi connectivity index (χ2v) is 9.40. The summed E-state index contributed by atoms with van der Waals surface area (Å²) in [6.07, 6.45) is 2.27. The van der Waals surface area contributed by atoms with Crippen LogP contribution in [0.2, 0.25) is 0 Å². The maximum atomic E-state index is 12.7. The molecule has 4 nitrogen and oxygen atoms in total. The molecular weight excluding hydrogens is 378 g/mol. The Morgan fingerprint density at radius 2 is 1.93 bits per heavy atom. The lowest BCUT2D eigenvalue weighted by Crippen LogP contribution is -2.33. The van der Waals surface area contributed by atoms with Gasteiger partial charge in [-0.15, -0.1) is 0 Å². The Hall–Kier alpha value is -1.82. The summed E-state index contributed by atoms with van der Waals surface area (Å²) in [5, 5.41) is 3.13. The van der Waals surface area contributed by atoms with Crippen LogP contribution in [-0.2, 0) is 11.3 Å². The Morgan fingerprint density at radius 3 is 2.76 bits per heavy atom. The van der Waals surface area contributed by atoms with Gasteiger partial charge in [-0.05, 0) is 49.6 Å². The minimum absolute atomic E-state index is 0.0797. The van der Waals surface area contributed by atoms with Gasteiger partial charge in [0, 0.05) is 42.9 Å². The van der Waals surface area contributed by atoms with Gasteiger partial charge in [0.05, 0.1) is 6.54 Å². The van der Waals surface area contributed by atoms with Gasteiger partial charge in [0.2, 0.25) is 5.91 Å². The molecule has 29 heavy (non-hydrogen) atoms. The Kier molecular flexibility index (Phi) is 6.90. The summed E-state index contributed by atoms with van der Waals surface area (Å²) in [5.41, 5.74) is 4.79. The smallest absolute Gasteiger partial charge is 0.238 e. The lowest BCUT2D eigenvalue weighted by molar-refractivity contribution is -0.117. The van der Waals surface area contributed by atoms with E-state index in [-0.39, 0.29) is 5.91 Å². The normalized spacial score (nSPS) is 20.7. The van der Waals surface area contributed by atoms with Gasteiger partial charge in [0.15, 0.2) is 0 Å². The minimum Gasteiger partial charge on any atom is -0.325 e. The fourth-order valence-electron chi connectivity index (χ4n) is 4.42. The summed E-state index contributed by atoms with van der Waals surface area (Å²) in [6.45, 7) is 6.83. The number of amides is 1. The molecule has 2 fully saturated rings. The van der Waals surface area contributed by atoms with E-state index >= 15 is 0 Å². The van der Waals surface area contributed by atoms with Crippen molar-refractivity contribution in [1.29, 1.82) is 0 Å². The fraction of sp³-hybridized carbons (Fsp3) is 0.458. The zero-order valence-electron chi connectivity index (χ0n) is 17.3. The summed E-state index contributed by atoms with van der Waals surface area (Å²) in [5.74, 6) is 2.51. The van der Waals surface area contributed by atoms with Crippen molar-refractivity contribution < 1.29 is 4.79 Å². The maximum Gasteiger partial charge on any atom is 0.238 e. The molecule has 2 aliphatic rings. The lowest BCUT2D eigenvalue weighted by atomic mass is 10.0. The predicted octanol–water partition coefficient (Wildman–Crippen LogP) is 4.32. The Morgan fingerprint density at radius 1 is 1.10 bits per heavy atom. The molecule has 0 aromatic heterocycles. The van der Waals surface area contributed by atoms with E-state index in [4.69, 9.17) is 0 Å². The van der Waals surface area contributed by atoms with Gasteiger partial charge < -0.3 is 5.32 Å². The van der Waals surface area contributed by atoms with E-state index in [9.17, 15) is 4.79 Å². The van der Waals surface area contributed by atoms with Crippen molar-refractivity contribution in [3.8, 4) is 0 Å². The summed E-state index contributed by atoms with van der Waals surface area (Å²) in [4.78, 5) is 17.6. The zero-order chi connectivity index (χ0) is 20.1. The second kappa shape index (κ2) is 9.79. The molecule has 1 atom stereocenters. The molecule has 2 aliphatic heterocycles. The molecule has 0 bridgehead atoms. The van der Waals surface area contributed by atoms with Crippen molar-refractivity contribution >= 4 is 23.4 Å². The van der Waals surface area contributed by atoms with Crippen LogP contribution in [0.5, 0.6) is 0 Å². The second-order valence-electron chi connectivity index (χ2n) is 8.18. The van der Waals surface area contributed by atoms with E-state index in [0.29, 0.717) is 12.6 Å². The van der Waals surface area contributed by atoms with Crippen LogP contribution in [0.4, 0.5) is 5.69 Å². The molecule has 4 rings (SSSR count). The number of hydrogen-bond acceptors (Lipinski definition) is 4. The van der Waals surface area contributed by atoms with Crippen molar-refractivity contribution in [3.63, 3.8) is 0 Å². The minimum atomic E-state index is 0.0797. The standard InChI is InChI=1S/C24H31N3OS/c1-19-5-2-7-21(15-19)23-9-4-10-27(23)18-24(28)25-22-8-3-6-20(16-22)17-26-11-13-29-14-12-26/h2-3,5-8,15-16,23H,4,9-14,17-18H2,1H3,(H,25,28). The Balaban J connectivity index is 1.35. The molecular formula is C24H31N3OS. The van der Waals surface area contributed by atoms with E-state index in [1.165, 1.54) is 28.2 Å². The maximum absolute atomic E-state index is 12.7. The quantitative estimate of drug-likeness (QED) is 0.771. The third-order valence-corrected chi connectivity index (χ3v) is 6.80. The predicted molar refractivity (Wildman–Crippen MR) is 122 cm³/mol. The summed E-state index contributed by atoms with van der Waals surface area (Å²) >= 11 is 2.03. The largest absolute Gasteiger partial charge is 0.325 e. The highest BCUT2D eigenvalue weighted by atomic mass is 32.2. The molecule has 0 radical (unpaired) electrons. The number of anilines is 1. The number of hydrogen-bond donors (Lipinski definition) is 1. The number of likely N-dealkylation sites (tertiary alicyclic amines) is 1. The Bertz CT molecular complexity index is 834. The van der Waals surface area contributed by atoms with Crippen molar-refractivity contribution in [2.45, 2.75) is 32.4 Å². The third-order valence-electron chi connectivity index (χ3n) is 5.86. The molecule has 1 N–H and O–H groups in total. The van der Waals surface area contributed by atoms with Gasteiger partial charge in [-0.3, -0.25) is 14.6 Å². The highest BCUT2D eigenvalue weighted by molar-refractivity contribution is 7.99. The average molecular weight is 410 g/mol. The third kappa shape index (κ3) is 5.62. The summed E-state index contributed by atoms with van der Waals surface area (Å²) < 4.78 is 0. The number of carbonyl (C=O) groups is 1. The molecule has 2 aromatic carbocycles. The number of nitrogens with zero attached hydrogens (tertiary/aromatic N) is 2. The first-order valence-corrected chi connectivity index (χ1v) is 11.8. The van der Waals surface area contributed by atoms with Crippen LogP contribution in [0.3, 0.4) is 0 Å². The molecule has 5 heteroatoms. The van der Waals surface area contributed by atoms with Gasteiger partial charge in [0.25, 0.3) is 0 Å². The first-order valence-electron chi connectivity index (χ1n) is 10.7. The van der Waals surface area contributed by atoms with Gasteiger partial charge in [-0.1, -0.05) is 42.0 Å². The van der Waals surface area contributed by atoms with Crippen molar-refractivity contribution in [2.24, 2.45) is 0 Å². The van der Waals surface area contributed by atoms with Crippen molar-refractivity contribution in [2.75, 3.05) is 43.0 Å². The highest BCUT2D eigenvalue weighted by Gasteiger charge is 2.27. The van der Waals surface area contributed by atoms with Gasteiger partial charge in [-0.2, -0.15) is 11.8 Å². The van der Waals surface area contributed by atoms with Crippen LogP contribution >= 0.6 is 11.8 Å². The van der Waals surface area contributed by atoms with Crippen LogP contribution in [0.15, 0.2) is 48.5 Å². The van der Waals surface area contributed by atoms with Crippen LogP contribution < -0.4 is 5.32 Å². The first kappa shape index (κ1) is 20.5. The summed E-state index contributed by atoms with van der Waals surface area (Å²) in [7, 11) is 0. The van der Waals surface area contributed by atoms with Gasteiger partial charge >= 0.3 is 0 Å². The molecule has 0 aliphatic carbocycles. The molecule has 2 aromatic rings. The average Bonchev–Trinajstić information content (AvgIpc) is 3.17. The van der Waals surface area contributed by atoms with E-state index in [2.05, 4.69) is 64.5 Å². The van der Waals surface area contributed by atoms with Crippen molar-refractivity contribution in [3.05, 3.63) is 65.2 Å². The molecule has 1 amide bonds. The monoisotopic (exact) mass is 409 g/mol. The number of rotatable bonds is 6. The SMILES string of the molecule is Cc1cccc(C2CCCN2CC(=O)Nc2cccc(CN3CCSCC3)c2)c1. The van der Waals surface area contributed by atoms with Crippen molar-refractivity contribution in [1.82, 2.24) is 9.80 Å². The van der Waals surface area contributed by atoms with Crippen LogP contribution in [0.25, 0.3) is 0 Å². The first-order chi connectivity index (χ1) is 14.2. The van der Waals surface area contributed by atoms with E-state index in [1.54, 1.807) is 0 Å². The zero-order valence-corrected chi connectivity index (χ0v) is 18.1. The van der Waals surface area contributed by atoms with Gasteiger partial charge in [0.1, 0.15) is 0 Å². The van der Waals surface area contributed by atoms with Gasteiger partial charge in [-0.25, -0.2) is 0 Å². The molecule has 2 heterocycles. The van der Waals surface area contributed by atoms with E-state index in [0.717, 1.165) is 44.7 Å². The molecule has 2 saturated heterocycles. The van der Waals surface area contributed by atoms with Crippen LogP contribution in [-0.4, -0.2) is 53.4 Å². The van der Waals surface area contributed by atoms with Crippen LogP contribution in [0, 0.1) is 6.92 Å². The lowest BCUT2D eigenvalue weighted by Gasteiger charge is -2.26. The number of benzene rings is 2. The van der Waals surface area contributed by atoms with Crippen LogP contribution in [0.1, 0.15) is 35.6 Å². The number of nitrogens with one attached hydrogen (secondary N) is 1. The number of aryl methyl sites for hydroxylation is 1. The molecule has 0 saturated carbocycles. The fourth-order valence-corrected chi connectivity index (χ4v) is 5.40. The summed E-state index contributed by atoms with van der Waals surface area (Å²) in [6, 6.07) is 17.4. The molecule has 154 valence electrons. The molecule has 0 spiro atoms. The van der Waals surface area contributed by atoms with E-state index in [1.807, 2.05) is 17.8 Å². The highest BCUT2D eigenvalue weighted by Crippen LogP contribution is 2.32. The molecule has 1 unspecified atom stereocenters. The number of carbonyl (C=O) groups excluding carboxylic acids is 1. The number of thioether (sulfide) groups is 1. The topological polar surface area (TPSA) is 35.6 Å².